The summed E-state index contributed by atoms with van der Waals surface area (Å²) in [4.78, 5) is 0. The Morgan fingerprint density at radius 3 is 2.56 bits per heavy atom. The molecular formula is C14H24O2. The fraction of sp³-hybridized carbons (Fsp3) is 0.857. The molecule has 2 unspecified atom stereocenters. The number of hydrogen-bond acceptors (Lipinski definition) is 2. The summed E-state index contributed by atoms with van der Waals surface area (Å²) in [6, 6.07) is 0. The predicted molar refractivity (Wildman–Crippen MR) is 65.2 cm³/mol. The van der Waals surface area contributed by atoms with Crippen LogP contribution in [0.3, 0.4) is 0 Å². The van der Waals surface area contributed by atoms with Gasteiger partial charge in [0.25, 0.3) is 0 Å². The van der Waals surface area contributed by atoms with E-state index < -0.39 is 0 Å². The van der Waals surface area contributed by atoms with Gasteiger partial charge in [0.05, 0.1) is 19.3 Å². The lowest BCUT2D eigenvalue weighted by atomic mass is 9.71. The van der Waals surface area contributed by atoms with Gasteiger partial charge in [0, 0.05) is 0 Å². The fourth-order valence-electron chi connectivity index (χ4n) is 3.23. The van der Waals surface area contributed by atoms with Crippen LogP contribution in [0.25, 0.3) is 0 Å². The second kappa shape index (κ2) is 5.33. The SMILES string of the molecule is CC1CC(C2=CCCOCC2)CC(C)C1O. The van der Waals surface area contributed by atoms with Gasteiger partial charge in [-0.1, -0.05) is 25.5 Å². The molecule has 2 heteroatoms. The molecule has 0 saturated heterocycles. The lowest BCUT2D eigenvalue weighted by Gasteiger charge is -2.37. The van der Waals surface area contributed by atoms with Crippen LogP contribution < -0.4 is 0 Å². The number of ether oxygens (including phenoxy) is 1. The molecule has 2 atom stereocenters. The van der Waals surface area contributed by atoms with E-state index in [4.69, 9.17) is 4.74 Å². The third-order valence-corrected chi connectivity index (χ3v) is 4.21. The first kappa shape index (κ1) is 12.1. The minimum absolute atomic E-state index is 0.0983. The molecule has 1 fully saturated rings. The first-order chi connectivity index (χ1) is 7.68. The predicted octanol–water partition coefficient (Wildman–Crippen LogP) is 2.77. The van der Waals surface area contributed by atoms with Crippen LogP contribution in [0, 0.1) is 17.8 Å². The second-order valence-corrected chi connectivity index (χ2v) is 5.54. The molecule has 92 valence electrons. The summed E-state index contributed by atoms with van der Waals surface area (Å²) in [5.41, 5.74) is 1.59. The monoisotopic (exact) mass is 224 g/mol. The topological polar surface area (TPSA) is 29.5 Å². The highest BCUT2D eigenvalue weighted by Gasteiger charge is 2.33. The van der Waals surface area contributed by atoms with Crippen LogP contribution in [-0.4, -0.2) is 24.4 Å². The minimum atomic E-state index is -0.0983. The van der Waals surface area contributed by atoms with E-state index in [-0.39, 0.29) is 6.10 Å². The van der Waals surface area contributed by atoms with Gasteiger partial charge in [0.15, 0.2) is 0 Å². The van der Waals surface area contributed by atoms with Gasteiger partial charge in [-0.15, -0.1) is 0 Å². The van der Waals surface area contributed by atoms with Gasteiger partial charge in [0.1, 0.15) is 0 Å². The van der Waals surface area contributed by atoms with Gasteiger partial charge in [-0.3, -0.25) is 0 Å². The van der Waals surface area contributed by atoms with E-state index in [2.05, 4.69) is 19.9 Å². The molecule has 0 aromatic heterocycles. The standard InChI is InChI=1S/C14H24O2/c1-10-8-13(9-11(2)14(10)15)12-4-3-6-16-7-5-12/h4,10-11,13-15H,3,5-9H2,1-2H3. The molecule has 2 nitrogen and oxygen atoms in total. The number of aliphatic hydroxyl groups is 1. The lowest BCUT2D eigenvalue weighted by Crippen LogP contribution is -2.34. The summed E-state index contributed by atoms with van der Waals surface area (Å²) in [6.07, 6.45) is 6.75. The van der Waals surface area contributed by atoms with Crippen LogP contribution in [0.1, 0.15) is 39.5 Å². The third-order valence-electron chi connectivity index (χ3n) is 4.21. The highest BCUT2D eigenvalue weighted by molar-refractivity contribution is 5.10. The molecule has 1 heterocycles. The summed E-state index contributed by atoms with van der Waals surface area (Å²) in [7, 11) is 0. The largest absolute Gasteiger partial charge is 0.393 e. The van der Waals surface area contributed by atoms with Crippen molar-refractivity contribution in [2.45, 2.75) is 45.6 Å². The van der Waals surface area contributed by atoms with Crippen molar-refractivity contribution in [3.05, 3.63) is 11.6 Å². The summed E-state index contributed by atoms with van der Waals surface area (Å²) < 4.78 is 5.49. The molecule has 1 saturated carbocycles. The van der Waals surface area contributed by atoms with Crippen LogP contribution >= 0.6 is 0 Å². The van der Waals surface area contributed by atoms with E-state index in [1.165, 1.54) is 0 Å². The first-order valence-electron chi connectivity index (χ1n) is 6.63. The molecule has 0 radical (unpaired) electrons. The fourth-order valence-corrected chi connectivity index (χ4v) is 3.23. The lowest BCUT2D eigenvalue weighted by molar-refractivity contribution is 0.0172. The van der Waals surface area contributed by atoms with Crippen LogP contribution in [0.2, 0.25) is 0 Å². The Kier molecular flexibility index (Phi) is 4.04. The van der Waals surface area contributed by atoms with Crippen molar-refractivity contribution in [3.63, 3.8) is 0 Å². The summed E-state index contributed by atoms with van der Waals surface area (Å²) in [6.45, 7) is 6.12. The van der Waals surface area contributed by atoms with Crippen molar-refractivity contribution in [2.75, 3.05) is 13.2 Å². The van der Waals surface area contributed by atoms with E-state index in [1.54, 1.807) is 5.57 Å². The molecule has 0 spiro atoms. The number of hydrogen-bond donors (Lipinski definition) is 1. The Balaban J connectivity index is 2.01. The minimum Gasteiger partial charge on any atom is -0.393 e. The molecule has 1 aliphatic carbocycles. The third kappa shape index (κ3) is 2.67. The zero-order valence-corrected chi connectivity index (χ0v) is 10.5. The molecule has 0 amide bonds. The molecule has 1 aliphatic heterocycles. The van der Waals surface area contributed by atoms with E-state index in [0.29, 0.717) is 17.8 Å². The number of aliphatic hydroxyl groups excluding tert-OH is 1. The molecular weight excluding hydrogens is 200 g/mol. The summed E-state index contributed by atoms with van der Waals surface area (Å²) in [5.74, 6) is 1.58. The highest BCUT2D eigenvalue weighted by Crippen LogP contribution is 2.38. The maximum absolute atomic E-state index is 9.97. The van der Waals surface area contributed by atoms with Crippen molar-refractivity contribution < 1.29 is 9.84 Å². The van der Waals surface area contributed by atoms with Gasteiger partial charge in [-0.05, 0) is 43.4 Å². The Morgan fingerprint density at radius 2 is 1.88 bits per heavy atom. The first-order valence-corrected chi connectivity index (χ1v) is 6.63. The normalized spacial score (nSPS) is 41.3. The maximum atomic E-state index is 9.97. The van der Waals surface area contributed by atoms with Gasteiger partial charge in [-0.25, -0.2) is 0 Å². The molecule has 0 bridgehead atoms. The summed E-state index contributed by atoms with van der Waals surface area (Å²) >= 11 is 0. The average Bonchev–Trinajstić information content (AvgIpc) is 2.53. The highest BCUT2D eigenvalue weighted by atomic mass is 16.5. The Morgan fingerprint density at radius 1 is 1.19 bits per heavy atom. The zero-order valence-electron chi connectivity index (χ0n) is 10.5. The molecule has 0 aromatic rings. The van der Waals surface area contributed by atoms with Crippen molar-refractivity contribution in [1.29, 1.82) is 0 Å². The van der Waals surface area contributed by atoms with E-state index in [0.717, 1.165) is 38.9 Å². The van der Waals surface area contributed by atoms with Crippen LogP contribution in [0.5, 0.6) is 0 Å². The maximum Gasteiger partial charge on any atom is 0.0591 e. The zero-order chi connectivity index (χ0) is 11.5. The van der Waals surface area contributed by atoms with Crippen molar-refractivity contribution >= 4 is 0 Å². The molecule has 1 N–H and O–H groups in total. The molecule has 2 aliphatic rings. The van der Waals surface area contributed by atoms with Gasteiger partial charge in [0.2, 0.25) is 0 Å². The van der Waals surface area contributed by atoms with E-state index in [9.17, 15) is 5.11 Å². The quantitative estimate of drug-likeness (QED) is 0.694. The second-order valence-electron chi connectivity index (χ2n) is 5.54. The van der Waals surface area contributed by atoms with Crippen LogP contribution in [0.4, 0.5) is 0 Å². The Bertz CT molecular complexity index is 247. The smallest absolute Gasteiger partial charge is 0.0591 e. The van der Waals surface area contributed by atoms with E-state index in [1.807, 2.05) is 0 Å². The van der Waals surface area contributed by atoms with Crippen molar-refractivity contribution in [3.8, 4) is 0 Å². The van der Waals surface area contributed by atoms with Crippen molar-refractivity contribution in [2.24, 2.45) is 17.8 Å². The van der Waals surface area contributed by atoms with E-state index >= 15 is 0 Å². The Labute approximate surface area is 98.7 Å². The van der Waals surface area contributed by atoms with Crippen molar-refractivity contribution in [1.82, 2.24) is 0 Å². The van der Waals surface area contributed by atoms with Gasteiger partial charge < -0.3 is 9.84 Å². The molecule has 0 aromatic carbocycles. The molecule has 2 rings (SSSR count). The molecule has 16 heavy (non-hydrogen) atoms. The number of rotatable bonds is 1. The van der Waals surface area contributed by atoms with Gasteiger partial charge >= 0.3 is 0 Å². The summed E-state index contributed by atoms with van der Waals surface area (Å²) in [5, 5.41) is 9.97. The Hall–Kier alpha value is -0.340. The van der Waals surface area contributed by atoms with Crippen LogP contribution in [-0.2, 0) is 4.74 Å². The average molecular weight is 224 g/mol. The van der Waals surface area contributed by atoms with Gasteiger partial charge in [-0.2, -0.15) is 0 Å². The van der Waals surface area contributed by atoms with Crippen LogP contribution in [0.15, 0.2) is 11.6 Å².